The Kier molecular flexibility index (Phi) is 8.01. The van der Waals surface area contributed by atoms with E-state index in [4.69, 9.17) is 18.6 Å². The summed E-state index contributed by atoms with van der Waals surface area (Å²) in [6, 6.07) is 55.8. The van der Waals surface area contributed by atoms with E-state index >= 15 is 0 Å². The van der Waals surface area contributed by atoms with Gasteiger partial charge in [-0.3, -0.25) is 0 Å². The van der Waals surface area contributed by atoms with Gasteiger partial charge in [-0.15, -0.1) is 0 Å². The Labute approximate surface area is 353 Å². The number of benzene rings is 7. The molecule has 2 aliphatic heterocycles. The predicted molar refractivity (Wildman–Crippen MR) is 247 cm³/mol. The molecule has 11 rings (SSSR count). The van der Waals surface area contributed by atoms with Gasteiger partial charge in [-0.25, -0.2) is 0 Å². The zero-order valence-corrected chi connectivity index (χ0v) is 35.7. The van der Waals surface area contributed by atoms with Gasteiger partial charge in [-0.2, -0.15) is 0 Å². The molecule has 7 heteroatoms. The van der Waals surface area contributed by atoms with Crippen LogP contribution in [-0.4, -0.2) is 41.2 Å². The summed E-state index contributed by atoms with van der Waals surface area (Å²) in [5.41, 5.74) is 10.4. The van der Waals surface area contributed by atoms with E-state index in [-0.39, 0.29) is 0 Å². The molecule has 8 aromatic rings. The molecule has 2 saturated heterocycles. The fraction of sp³-hybridized carbons (Fsp3) is 0.245. The molecule has 1 aromatic heterocycles. The van der Waals surface area contributed by atoms with Crippen LogP contribution in [0.15, 0.2) is 152 Å². The van der Waals surface area contributed by atoms with Gasteiger partial charge in [0, 0.05) is 21.8 Å². The maximum Gasteiger partial charge on any atom is 0.495 e. The van der Waals surface area contributed by atoms with Crippen LogP contribution in [0.3, 0.4) is 0 Å². The summed E-state index contributed by atoms with van der Waals surface area (Å²) in [6.45, 7) is 16.9. The Bertz CT molecular complexity index is 2950. The van der Waals surface area contributed by atoms with Crippen molar-refractivity contribution in [2.75, 3.05) is 0 Å². The fourth-order valence-electron chi connectivity index (χ4n) is 10.0. The Balaban J connectivity index is 1.22. The molecule has 0 N–H and O–H groups in total. The number of nitrogens with zero attached hydrogens (tertiary/aromatic N) is 1. The molecular weight excluding hydrogens is 736 g/mol. The van der Waals surface area contributed by atoms with Gasteiger partial charge in [0.1, 0.15) is 0 Å². The molecular formula is C53H49B2NO4. The summed E-state index contributed by atoms with van der Waals surface area (Å²) >= 11 is 0. The van der Waals surface area contributed by atoms with Gasteiger partial charge in [-0.1, -0.05) is 133 Å². The van der Waals surface area contributed by atoms with Crippen LogP contribution in [0.4, 0.5) is 0 Å². The number of fused-ring (bicyclic) bond motifs is 8. The smallest absolute Gasteiger partial charge is 0.399 e. The first-order valence-electron chi connectivity index (χ1n) is 21.3. The third kappa shape index (κ3) is 5.16. The average molecular weight is 786 g/mol. The van der Waals surface area contributed by atoms with Crippen LogP contribution < -0.4 is 10.9 Å². The van der Waals surface area contributed by atoms with E-state index in [1.165, 1.54) is 33.4 Å². The summed E-state index contributed by atoms with van der Waals surface area (Å²) in [4.78, 5) is 0. The van der Waals surface area contributed by atoms with E-state index in [9.17, 15) is 0 Å². The lowest BCUT2D eigenvalue weighted by atomic mass is 9.67. The Morgan fingerprint density at radius 3 is 1.58 bits per heavy atom. The minimum absolute atomic E-state index is 0.466. The number of rotatable bonds is 5. The first-order valence-corrected chi connectivity index (χ1v) is 21.3. The van der Waals surface area contributed by atoms with Crippen LogP contribution in [0.2, 0.25) is 0 Å². The molecule has 0 saturated carbocycles. The van der Waals surface area contributed by atoms with Gasteiger partial charge in [0.05, 0.1) is 38.9 Å². The summed E-state index contributed by atoms with van der Waals surface area (Å²) in [5.74, 6) is 0. The third-order valence-electron chi connectivity index (χ3n) is 14.6. The van der Waals surface area contributed by atoms with Crippen molar-refractivity contribution in [2.24, 2.45) is 0 Å². The Hall–Kier alpha value is -5.43. The first kappa shape index (κ1) is 37.6. The molecule has 0 radical (unpaired) electrons. The van der Waals surface area contributed by atoms with Crippen LogP contribution in [0, 0.1) is 0 Å². The normalized spacial score (nSPS) is 19.3. The average Bonchev–Trinajstić information content (AvgIpc) is 3.88. The van der Waals surface area contributed by atoms with Crippen LogP contribution >= 0.6 is 0 Å². The van der Waals surface area contributed by atoms with Gasteiger partial charge in [-0.05, 0) is 123 Å². The number of hydrogen-bond donors (Lipinski definition) is 0. The second kappa shape index (κ2) is 12.8. The van der Waals surface area contributed by atoms with Gasteiger partial charge in [0.15, 0.2) is 0 Å². The lowest BCUT2D eigenvalue weighted by Crippen LogP contribution is -2.41. The topological polar surface area (TPSA) is 41.9 Å². The first-order chi connectivity index (χ1) is 28.7. The highest BCUT2D eigenvalue weighted by molar-refractivity contribution is 6.66. The summed E-state index contributed by atoms with van der Waals surface area (Å²) in [7, 11) is -1.04. The maximum absolute atomic E-state index is 6.78. The van der Waals surface area contributed by atoms with Crippen molar-refractivity contribution in [3.05, 3.63) is 174 Å². The molecule has 3 aliphatic rings. The molecule has 1 aliphatic carbocycles. The van der Waals surface area contributed by atoms with E-state index in [1.54, 1.807) is 0 Å². The van der Waals surface area contributed by atoms with Gasteiger partial charge < -0.3 is 23.2 Å². The van der Waals surface area contributed by atoms with Gasteiger partial charge in [0.2, 0.25) is 0 Å². The van der Waals surface area contributed by atoms with E-state index in [2.05, 4.69) is 212 Å². The lowest BCUT2D eigenvalue weighted by molar-refractivity contribution is 0.00578. The number of hydrogen-bond acceptors (Lipinski definition) is 4. The zero-order valence-electron chi connectivity index (χ0n) is 35.7. The predicted octanol–water partition coefficient (Wildman–Crippen LogP) is 10.9. The van der Waals surface area contributed by atoms with Crippen LogP contribution in [0.5, 0.6) is 0 Å². The van der Waals surface area contributed by atoms with Crippen molar-refractivity contribution in [1.82, 2.24) is 4.57 Å². The highest BCUT2D eigenvalue weighted by atomic mass is 16.7. The molecule has 0 amide bonds. The minimum Gasteiger partial charge on any atom is -0.399 e. The lowest BCUT2D eigenvalue weighted by Gasteiger charge is -2.34. The van der Waals surface area contributed by atoms with Crippen molar-refractivity contribution >= 4 is 57.7 Å². The molecule has 296 valence electrons. The van der Waals surface area contributed by atoms with Crippen molar-refractivity contribution in [3.63, 3.8) is 0 Å². The van der Waals surface area contributed by atoms with Crippen molar-refractivity contribution in [1.29, 1.82) is 0 Å². The summed E-state index contributed by atoms with van der Waals surface area (Å²) in [6.07, 6.45) is 0. The third-order valence-corrected chi connectivity index (χ3v) is 14.6. The monoisotopic (exact) mass is 785 g/mol. The molecule has 3 heterocycles. The summed E-state index contributed by atoms with van der Waals surface area (Å²) < 4.78 is 29.3. The van der Waals surface area contributed by atoms with Crippen molar-refractivity contribution in [3.8, 4) is 16.8 Å². The van der Waals surface area contributed by atoms with Crippen molar-refractivity contribution in [2.45, 2.75) is 83.2 Å². The molecule has 0 spiro atoms. The van der Waals surface area contributed by atoms with Crippen LogP contribution in [0.25, 0.3) is 49.4 Å². The summed E-state index contributed by atoms with van der Waals surface area (Å²) in [5, 5.41) is 4.47. The fourth-order valence-corrected chi connectivity index (χ4v) is 10.0. The second-order valence-electron chi connectivity index (χ2n) is 19.0. The standard InChI is InChI=1S/C53H49B2NO4/c1-49(2)50(3,4)58-54(57-49)36-27-30-47-42(31-36)43-33-46(55-59-51(5,6)52(7,8)60-55)40-24-15-16-25-41(40)48(43)56(47)37-28-29-39-38-23-17-18-26-44(38)53(45(39)32-37,34-19-11-9-12-20-34)35-21-13-10-14-22-35/h9-33H,1-8H3. The van der Waals surface area contributed by atoms with Crippen LogP contribution in [0.1, 0.15) is 77.6 Å². The van der Waals surface area contributed by atoms with E-state index in [1.807, 2.05) is 0 Å². The van der Waals surface area contributed by atoms with Crippen molar-refractivity contribution < 1.29 is 18.6 Å². The van der Waals surface area contributed by atoms with E-state index in [0.717, 1.165) is 49.2 Å². The van der Waals surface area contributed by atoms with Gasteiger partial charge >= 0.3 is 14.2 Å². The quantitative estimate of drug-likeness (QED) is 0.163. The molecule has 2 fully saturated rings. The molecule has 0 bridgehead atoms. The molecule has 5 nitrogen and oxygen atoms in total. The molecule has 0 atom stereocenters. The zero-order chi connectivity index (χ0) is 41.4. The van der Waals surface area contributed by atoms with Gasteiger partial charge in [0.25, 0.3) is 0 Å². The molecule has 7 aromatic carbocycles. The van der Waals surface area contributed by atoms with E-state index in [0.29, 0.717) is 0 Å². The maximum atomic E-state index is 6.78. The molecule has 60 heavy (non-hydrogen) atoms. The Morgan fingerprint density at radius 2 is 0.950 bits per heavy atom. The molecule has 0 unspecified atom stereocenters. The SMILES string of the molecule is CC1(C)OB(c2ccc3c(c2)c2cc(B4OC(C)(C)C(C)(C)O4)c4ccccc4c2n3-c2ccc3c(c2)C(c2ccccc2)(c2ccccc2)c2ccccc2-3)OC1(C)C. The van der Waals surface area contributed by atoms with E-state index < -0.39 is 42.1 Å². The second-order valence-corrected chi connectivity index (χ2v) is 19.0. The van der Waals surface area contributed by atoms with Crippen LogP contribution in [-0.2, 0) is 24.0 Å². The number of aromatic nitrogens is 1. The highest BCUT2D eigenvalue weighted by Gasteiger charge is 2.53. The highest BCUT2D eigenvalue weighted by Crippen LogP contribution is 2.56. The minimum atomic E-state index is -0.537. The largest absolute Gasteiger partial charge is 0.495 e. The Morgan fingerprint density at radius 1 is 0.417 bits per heavy atom.